The van der Waals surface area contributed by atoms with E-state index in [1.54, 1.807) is 37.4 Å². The summed E-state index contributed by atoms with van der Waals surface area (Å²) in [6.07, 6.45) is 0. The number of hydrogen-bond donors (Lipinski definition) is 0. The second-order valence-corrected chi connectivity index (χ2v) is 6.12. The molecule has 7 heteroatoms. The monoisotopic (exact) mass is 426 g/mol. The van der Waals surface area contributed by atoms with Crippen LogP contribution in [0.4, 0.5) is 5.69 Å². The highest BCUT2D eigenvalue weighted by Crippen LogP contribution is 2.19. The van der Waals surface area contributed by atoms with Crippen molar-refractivity contribution >= 4 is 34.2 Å². The van der Waals surface area contributed by atoms with Crippen LogP contribution in [-0.2, 0) is 11.3 Å². The lowest BCUT2D eigenvalue weighted by molar-refractivity contribution is -0.385. The maximum absolute atomic E-state index is 12.1. The summed E-state index contributed by atoms with van der Waals surface area (Å²) in [7, 11) is 1.59. The Balaban J connectivity index is 1.95. The minimum absolute atomic E-state index is 0.00528. The molecule has 0 unspecified atom stereocenters. The van der Waals surface area contributed by atoms with Crippen LogP contribution in [0.2, 0.25) is 0 Å². The normalized spacial score (nSPS) is 10.2. The minimum atomic E-state index is -0.449. The number of nitrogens with zero attached hydrogens (tertiary/aromatic N) is 2. The van der Waals surface area contributed by atoms with E-state index < -0.39 is 4.92 Å². The average molecular weight is 426 g/mol. The third-order valence-electron chi connectivity index (χ3n) is 3.20. The van der Waals surface area contributed by atoms with Gasteiger partial charge in [0.05, 0.1) is 11.5 Å². The van der Waals surface area contributed by atoms with Crippen molar-refractivity contribution in [3.63, 3.8) is 0 Å². The van der Waals surface area contributed by atoms with E-state index in [0.717, 1.165) is 3.57 Å². The number of nitro benzene ring substituents is 1. The molecule has 120 valence electrons. The lowest BCUT2D eigenvalue weighted by atomic mass is 10.1. The summed E-state index contributed by atoms with van der Waals surface area (Å²) in [4.78, 5) is 24.0. The molecule has 0 aliphatic rings. The SMILES string of the molecule is CN(Cc1ccccc1[N+](=O)[O-])C(=O)COc1ccc(I)cc1. The zero-order chi connectivity index (χ0) is 16.8. The molecule has 0 saturated heterocycles. The lowest BCUT2D eigenvalue weighted by Gasteiger charge is -2.17. The Morgan fingerprint density at radius 3 is 2.52 bits per heavy atom. The first-order chi connectivity index (χ1) is 11.0. The number of hydrogen-bond acceptors (Lipinski definition) is 4. The van der Waals surface area contributed by atoms with E-state index in [1.807, 2.05) is 12.1 Å². The quantitative estimate of drug-likeness (QED) is 0.404. The first kappa shape index (κ1) is 17.2. The zero-order valence-electron chi connectivity index (χ0n) is 12.4. The molecule has 0 saturated carbocycles. The predicted octanol–water partition coefficient (Wildman–Crippen LogP) is 3.24. The molecule has 1 amide bonds. The van der Waals surface area contributed by atoms with Gasteiger partial charge in [0.1, 0.15) is 5.75 Å². The molecule has 0 aliphatic heterocycles. The lowest BCUT2D eigenvalue weighted by Crippen LogP contribution is -2.31. The molecule has 0 atom stereocenters. The number of amides is 1. The molecule has 23 heavy (non-hydrogen) atoms. The second kappa shape index (κ2) is 7.91. The fourth-order valence-electron chi connectivity index (χ4n) is 1.95. The summed E-state index contributed by atoms with van der Waals surface area (Å²) in [6, 6.07) is 13.7. The van der Waals surface area contributed by atoms with Crippen LogP contribution in [0.25, 0.3) is 0 Å². The summed E-state index contributed by atoms with van der Waals surface area (Å²) in [6.45, 7) is 0.0454. The van der Waals surface area contributed by atoms with Crippen molar-refractivity contribution in [2.45, 2.75) is 6.54 Å². The number of likely N-dealkylation sites (N-methyl/N-ethyl adjacent to an activating group) is 1. The van der Waals surface area contributed by atoms with Gasteiger partial charge in [-0.2, -0.15) is 0 Å². The van der Waals surface area contributed by atoms with Gasteiger partial charge in [0, 0.05) is 22.2 Å². The van der Waals surface area contributed by atoms with Crippen molar-refractivity contribution in [3.05, 3.63) is 67.8 Å². The number of benzene rings is 2. The fraction of sp³-hybridized carbons (Fsp3) is 0.188. The van der Waals surface area contributed by atoms with Crippen molar-refractivity contribution < 1.29 is 14.5 Å². The van der Waals surface area contributed by atoms with Crippen LogP contribution in [0.1, 0.15) is 5.56 Å². The van der Waals surface area contributed by atoms with Gasteiger partial charge in [-0.3, -0.25) is 14.9 Å². The highest BCUT2D eigenvalue weighted by Gasteiger charge is 2.17. The number of carbonyl (C=O) groups excluding carboxylic acids is 1. The Kier molecular flexibility index (Phi) is 5.91. The van der Waals surface area contributed by atoms with Crippen LogP contribution in [-0.4, -0.2) is 29.4 Å². The molecule has 0 heterocycles. The third kappa shape index (κ3) is 4.92. The van der Waals surface area contributed by atoms with E-state index in [9.17, 15) is 14.9 Å². The largest absolute Gasteiger partial charge is 0.484 e. The smallest absolute Gasteiger partial charge is 0.274 e. The van der Waals surface area contributed by atoms with Gasteiger partial charge in [-0.1, -0.05) is 18.2 Å². The van der Waals surface area contributed by atoms with Gasteiger partial charge in [-0.15, -0.1) is 0 Å². The molecule has 0 aromatic heterocycles. The minimum Gasteiger partial charge on any atom is -0.484 e. The summed E-state index contributed by atoms with van der Waals surface area (Å²) in [5, 5.41) is 11.0. The van der Waals surface area contributed by atoms with E-state index in [0.29, 0.717) is 11.3 Å². The molecule has 0 radical (unpaired) electrons. The number of nitro groups is 1. The molecule has 2 rings (SSSR count). The number of ether oxygens (including phenoxy) is 1. The van der Waals surface area contributed by atoms with Crippen molar-refractivity contribution in [1.29, 1.82) is 0 Å². The van der Waals surface area contributed by atoms with Crippen LogP contribution in [0.5, 0.6) is 5.75 Å². The third-order valence-corrected chi connectivity index (χ3v) is 3.92. The van der Waals surface area contributed by atoms with Crippen LogP contribution in [0, 0.1) is 13.7 Å². The molecule has 0 N–H and O–H groups in total. The van der Waals surface area contributed by atoms with Gasteiger partial charge in [-0.25, -0.2) is 0 Å². The topological polar surface area (TPSA) is 72.7 Å². The Hall–Kier alpha value is -2.16. The van der Waals surface area contributed by atoms with Crippen LogP contribution in [0.15, 0.2) is 48.5 Å². The number of rotatable bonds is 6. The Morgan fingerprint density at radius 1 is 1.22 bits per heavy atom. The maximum atomic E-state index is 12.1. The predicted molar refractivity (Wildman–Crippen MR) is 94.2 cm³/mol. The molecule has 0 bridgehead atoms. The number of halogens is 1. The van der Waals surface area contributed by atoms with Crippen molar-refractivity contribution in [3.8, 4) is 5.75 Å². The first-order valence-electron chi connectivity index (χ1n) is 6.82. The Labute approximate surface area is 147 Å². The summed E-state index contributed by atoms with van der Waals surface area (Å²) >= 11 is 2.18. The molecular formula is C16H15IN2O4. The zero-order valence-corrected chi connectivity index (χ0v) is 14.6. The average Bonchev–Trinajstić information content (AvgIpc) is 2.54. The molecule has 2 aromatic rings. The summed E-state index contributed by atoms with van der Waals surface area (Å²) in [5.41, 5.74) is 0.494. The van der Waals surface area contributed by atoms with E-state index >= 15 is 0 Å². The van der Waals surface area contributed by atoms with Gasteiger partial charge in [-0.05, 0) is 46.9 Å². The molecular weight excluding hydrogens is 411 g/mol. The molecule has 6 nitrogen and oxygen atoms in total. The maximum Gasteiger partial charge on any atom is 0.274 e. The highest BCUT2D eigenvalue weighted by atomic mass is 127. The molecule has 2 aromatic carbocycles. The van der Waals surface area contributed by atoms with E-state index in [1.165, 1.54) is 11.0 Å². The van der Waals surface area contributed by atoms with Gasteiger partial charge >= 0.3 is 0 Å². The van der Waals surface area contributed by atoms with Crippen LogP contribution >= 0.6 is 22.6 Å². The van der Waals surface area contributed by atoms with E-state index in [-0.39, 0.29) is 24.7 Å². The van der Waals surface area contributed by atoms with E-state index in [4.69, 9.17) is 4.74 Å². The summed E-state index contributed by atoms with van der Waals surface area (Å²) in [5.74, 6) is 0.361. The van der Waals surface area contributed by atoms with Gasteiger partial charge in [0.25, 0.3) is 11.6 Å². The van der Waals surface area contributed by atoms with Crippen molar-refractivity contribution in [1.82, 2.24) is 4.90 Å². The molecule has 0 spiro atoms. The van der Waals surface area contributed by atoms with E-state index in [2.05, 4.69) is 22.6 Å². The van der Waals surface area contributed by atoms with Gasteiger partial charge in [0.2, 0.25) is 0 Å². The van der Waals surface area contributed by atoms with Crippen LogP contribution in [0.3, 0.4) is 0 Å². The number of carbonyl (C=O) groups is 1. The van der Waals surface area contributed by atoms with Gasteiger partial charge < -0.3 is 9.64 Å². The highest BCUT2D eigenvalue weighted by molar-refractivity contribution is 14.1. The number of para-hydroxylation sites is 1. The standard InChI is InChI=1S/C16H15IN2O4/c1-18(10-12-4-2-3-5-15(12)19(21)22)16(20)11-23-14-8-6-13(17)7-9-14/h2-9H,10-11H2,1H3. The first-order valence-corrected chi connectivity index (χ1v) is 7.90. The molecule has 0 aliphatic carbocycles. The summed E-state index contributed by atoms with van der Waals surface area (Å²) < 4.78 is 6.51. The van der Waals surface area contributed by atoms with Crippen molar-refractivity contribution in [2.24, 2.45) is 0 Å². The van der Waals surface area contributed by atoms with Crippen molar-refractivity contribution in [2.75, 3.05) is 13.7 Å². The Morgan fingerprint density at radius 2 is 1.87 bits per heavy atom. The Bertz CT molecular complexity index is 703. The second-order valence-electron chi connectivity index (χ2n) is 4.88. The van der Waals surface area contributed by atoms with Crippen LogP contribution < -0.4 is 4.74 Å². The fourth-order valence-corrected chi connectivity index (χ4v) is 2.31. The van der Waals surface area contributed by atoms with Gasteiger partial charge in [0.15, 0.2) is 6.61 Å². The molecule has 0 fully saturated rings.